The van der Waals surface area contributed by atoms with Crippen molar-refractivity contribution in [1.29, 1.82) is 0 Å². The van der Waals surface area contributed by atoms with Crippen LogP contribution in [0.25, 0.3) is 0 Å². The number of thioether (sulfide) groups is 1. The van der Waals surface area contributed by atoms with E-state index in [2.05, 4.69) is 25.7 Å². The Balaban J connectivity index is 2.58. The Bertz CT molecular complexity index is 177. The van der Waals surface area contributed by atoms with Crippen molar-refractivity contribution in [3.63, 3.8) is 0 Å². The summed E-state index contributed by atoms with van der Waals surface area (Å²) >= 11 is 2.00. The SMILES string of the molecule is CCSC(=C(C)C)N1CCCCC1. The van der Waals surface area contributed by atoms with Crippen LogP contribution in [0.2, 0.25) is 0 Å². The first-order valence-electron chi connectivity index (χ1n) is 5.31. The molecule has 0 saturated carbocycles. The number of hydrogen-bond donors (Lipinski definition) is 0. The number of piperidine rings is 1. The fraction of sp³-hybridized carbons (Fsp3) is 0.818. The van der Waals surface area contributed by atoms with E-state index in [4.69, 9.17) is 0 Å². The second-order valence-electron chi connectivity index (χ2n) is 3.79. The molecule has 13 heavy (non-hydrogen) atoms. The normalized spacial score (nSPS) is 17.3. The first kappa shape index (κ1) is 11.0. The standard InChI is InChI=1S/C11H21NS/c1-4-13-11(10(2)3)12-8-6-5-7-9-12/h4-9H2,1-3H3. The smallest absolute Gasteiger partial charge is 0.0693 e. The van der Waals surface area contributed by atoms with Crippen LogP contribution >= 0.6 is 11.8 Å². The van der Waals surface area contributed by atoms with Gasteiger partial charge in [0, 0.05) is 13.1 Å². The third-order valence-electron chi connectivity index (χ3n) is 2.35. The molecule has 0 bridgehead atoms. The van der Waals surface area contributed by atoms with E-state index in [1.807, 2.05) is 11.8 Å². The van der Waals surface area contributed by atoms with E-state index < -0.39 is 0 Å². The van der Waals surface area contributed by atoms with Gasteiger partial charge in [-0.05, 0) is 44.4 Å². The van der Waals surface area contributed by atoms with Gasteiger partial charge < -0.3 is 4.90 Å². The van der Waals surface area contributed by atoms with Crippen molar-refractivity contribution in [3.8, 4) is 0 Å². The lowest BCUT2D eigenvalue weighted by molar-refractivity contribution is 0.300. The van der Waals surface area contributed by atoms with E-state index in [1.165, 1.54) is 48.7 Å². The highest BCUT2D eigenvalue weighted by atomic mass is 32.2. The molecule has 1 aliphatic rings. The van der Waals surface area contributed by atoms with Gasteiger partial charge in [0.25, 0.3) is 0 Å². The van der Waals surface area contributed by atoms with Crippen molar-refractivity contribution in [1.82, 2.24) is 4.90 Å². The van der Waals surface area contributed by atoms with E-state index in [0.29, 0.717) is 0 Å². The molecule has 1 fully saturated rings. The molecule has 1 heterocycles. The molecular formula is C11H21NS. The summed E-state index contributed by atoms with van der Waals surface area (Å²) in [6.07, 6.45) is 4.17. The Kier molecular flexibility index (Phi) is 4.71. The largest absolute Gasteiger partial charge is 0.366 e. The van der Waals surface area contributed by atoms with Crippen LogP contribution in [-0.4, -0.2) is 23.7 Å². The summed E-state index contributed by atoms with van der Waals surface area (Å²) in [7, 11) is 0. The van der Waals surface area contributed by atoms with Crippen LogP contribution in [0.5, 0.6) is 0 Å². The highest BCUT2D eigenvalue weighted by molar-refractivity contribution is 8.02. The van der Waals surface area contributed by atoms with Crippen molar-refractivity contribution in [3.05, 3.63) is 10.6 Å². The maximum Gasteiger partial charge on any atom is 0.0693 e. The summed E-state index contributed by atoms with van der Waals surface area (Å²) < 4.78 is 0. The van der Waals surface area contributed by atoms with E-state index in [1.54, 1.807) is 0 Å². The average molecular weight is 199 g/mol. The van der Waals surface area contributed by atoms with Crippen LogP contribution < -0.4 is 0 Å². The van der Waals surface area contributed by atoms with Crippen LogP contribution in [0.3, 0.4) is 0 Å². The lowest BCUT2D eigenvalue weighted by Crippen LogP contribution is -2.28. The molecule has 76 valence electrons. The molecule has 0 unspecified atom stereocenters. The van der Waals surface area contributed by atoms with E-state index in [-0.39, 0.29) is 0 Å². The molecule has 0 aromatic carbocycles. The first-order valence-corrected chi connectivity index (χ1v) is 6.29. The predicted octanol–water partition coefficient (Wildman–Crippen LogP) is 3.48. The van der Waals surface area contributed by atoms with Crippen molar-refractivity contribution in [2.45, 2.75) is 40.0 Å². The van der Waals surface area contributed by atoms with Gasteiger partial charge in [0.2, 0.25) is 0 Å². The molecule has 0 aliphatic carbocycles. The molecule has 0 N–H and O–H groups in total. The molecule has 0 atom stereocenters. The zero-order valence-electron chi connectivity index (χ0n) is 9.10. The Labute approximate surface area is 86.6 Å². The minimum Gasteiger partial charge on any atom is -0.366 e. The Hall–Kier alpha value is -0.110. The van der Waals surface area contributed by atoms with Gasteiger partial charge in [0.15, 0.2) is 0 Å². The summed E-state index contributed by atoms with van der Waals surface area (Å²) in [4.78, 5) is 2.56. The Morgan fingerprint density at radius 1 is 1.15 bits per heavy atom. The second kappa shape index (κ2) is 5.58. The highest BCUT2D eigenvalue weighted by Crippen LogP contribution is 2.26. The van der Waals surface area contributed by atoms with Gasteiger partial charge in [0.05, 0.1) is 5.03 Å². The van der Waals surface area contributed by atoms with E-state index in [0.717, 1.165) is 0 Å². The van der Waals surface area contributed by atoms with Gasteiger partial charge in [0.1, 0.15) is 0 Å². The summed E-state index contributed by atoms with van der Waals surface area (Å²) in [6.45, 7) is 9.23. The molecule has 1 rings (SSSR count). The summed E-state index contributed by atoms with van der Waals surface area (Å²) in [5.74, 6) is 1.19. The van der Waals surface area contributed by atoms with Gasteiger partial charge in [-0.1, -0.05) is 6.92 Å². The van der Waals surface area contributed by atoms with Gasteiger partial charge in [-0.3, -0.25) is 0 Å². The molecule has 2 heteroatoms. The third-order valence-corrected chi connectivity index (χ3v) is 3.58. The number of rotatable bonds is 3. The average Bonchev–Trinajstić information content (AvgIpc) is 2.15. The summed E-state index contributed by atoms with van der Waals surface area (Å²) in [5, 5.41) is 1.53. The molecule has 0 spiro atoms. The fourth-order valence-corrected chi connectivity index (χ4v) is 2.71. The quantitative estimate of drug-likeness (QED) is 0.684. The van der Waals surface area contributed by atoms with Crippen LogP contribution in [0, 0.1) is 0 Å². The van der Waals surface area contributed by atoms with Crippen molar-refractivity contribution >= 4 is 11.8 Å². The van der Waals surface area contributed by atoms with Gasteiger partial charge in [-0.25, -0.2) is 0 Å². The minimum absolute atomic E-state index is 1.19. The molecule has 0 amide bonds. The van der Waals surface area contributed by atoms with Crippen molar-refractivity contribution in [2.75, 3.05) is 18.8 Å². The fourth-order valence-electron chi connectivity index (χ4n) is 1.79. The highest BCUT2D eigenvalue weighted by Gasteiger charge is 2.13. The lowest BCUT2D eigenvalue weighted by Gasteiger charge is -2.31. The molecule has 0 aromatic rings. The molecule has 1 nitrogen and oxygen atoms in total. The second-order valence-corrected chi connectivity index (χ2v) is 5.04. The number of nitrogens with zero attached hydrogens (tertiary/aromatic N) is 1. The summed E-state index contributed by atoms with van der Waals surface area (Å²) in [5.41, 5.74) is 1.48. The van der Waals surface area contributed by atoms with Crippen molar-refractivity contribution < 1.29 is 0 Å². The lowest BCUT2D eigenvalue weighted by atomic mass is 10.1. The zero-order valence-corrected chi connectivity index (χ0v) is 9.91. The molecular weight excluding hydrogens is 178 g/mol. The topological polar surface area (TPSA) is 3.24 Å². The molecule has 0 radical (unpaired) electrons. The molecule has 0 aromatic heterocycles. The van der Waals surface area contributed by atoms with Gasteiger partial charge >= 0.3 is 0 Å². The summed E-state index contributed by atoms with van der Waals surface area (Å²) in [6, 6.07) is 0. The van der Waals surface area contributed by atoms with Crippen LogP contribution in [-0.2, 0) is 0 Å². The maximum atomic E-state index is 2.56. The van der Waals surface area contributed by atoms with Crippen molar-refractivity contribution in [2.24, 2.45) is 0 Å². The minimum atomic E-state index is 1.19. The number of likely N-dealkylation sites (tertiary alicyclic amines) is 1. The number of allylic oxidation sites excluding steroid dienone is 1. The molecule has 1 aliphatic heterocycles. The van der Waals surface area contributed by atoms with Crippen LogP contribution in [0.1, 0.15) is 40.0 Å². The van der Waals surface area contributed by atoms with E-state index >= 15 is 0 Å². The van der Waals surface area contributed by atoms with Gasteiger partial charge in [-0.2, -0.15) is 0 Å². The van der Waals surface area contributed by atoms with Crippen LogP contribution in [0.15, 0.2) is 10.6 Å². The monoisotopic (exact) mass is 199 g/mol. The maximum absolute atomic E-state index is 2.56. The number of hydrogen-bond acceptors (Lipinski definition) is 2. The Morgan fingerprint density at radius 2 is 1.77 bits per heavy atom. The van der Waals surface area contributed by atoms with E-state index in [9.17, 15) is 0 Å². The van der Waals surface area contributed by atoms with Crippen LogP contribution in [0.4, 0.5) is 0 Å². The zero-order chi connectivity index (χ0) is 9.68. The first-order chi connectivity index (χ1) is 6.25. The molecule has 1 saturated heterocycles. The van der Waals surface area contributed by atoms with Gasteiger partial charge in [-0.15, -0.1) is 11.8 Å². The Morgan fingerprint density at radius 3 is 2.23 bits per heavy atom. The predicted molar refractivity (Wildman–Crippen MR) is 61.9 cm³/mol. The third kappa shape index (κ3) is 3.26.